The van der Waals surface area contributed by atoms with Crippen LogP contribution in [0.2, 0.25) is 0 Å². The van der Waals surface area contributed by atoms with Gasteiger partial charge in [0.2, 0.25) is 0 Å². The molecule has 0 rings (SSSR count). The molecule has 7 N–H and O–H groups in total. The lowest BCUT2D eigenvalue weighted by molar-refractivity contribution is 0.0345. The van der Waals surface area contributed by atoms with Gasteiger partial charge in [0.15, 0.2) is 0 Å². The molecule has 0 aromatic carbocycles. The van der Waals surface area contributed by atoms with E-state index in [2.05, 4.69) is 40.7 Å². The van der Waals surface area contributed by atoms with Crippen LogP contribution in [0.3, 0.4) is 0 Å². The summed E-state index contributed by atoms with van der Waals surface area (Å²) in [6, 6.07) is 0. The molecular formula is C18H45O26P7. The molecule has 7 atom stereocenters. The van der Waals surface area contributed by atoms with Crippen molar-refractivity contribution in [1.82, 2.24) is 0 Å². The smallest absolute Gasteiger partial charge is 0.324 e. The molecule has 0 aliphatic rings. The molecule has 0 heterocycles. The van der Waals surface area contributed by atoms with E-state index in [1.807, 2.05) is 0 Å². The van der Waals surface area contributed by atoms with Crippen molar-refractivity contribution in [3.8, 4) is 0 Å². The Morgan fingerprint density at radius 1 is 0.392 bits per heavy atom. The van der Waals surface area contributed by atoms with Crippen molar-refractivity contribution in [3.63, 3.8) is 0 Å². The average molecular weight is 894 g/mol. The SMILES string of the molecule is CCOP(=O)(O)OCC(COP(=O)(O)OCC)OP(=O)(O)CC(CP(=O)(O)OC(COP(=O)(O)OCC)COP(=O)(O)OCC)OP(=O)(O)OC. The maximum absolute atomic E-state index is 13.2. The fourth-order valence-electron chi connectivity index (χ4n) is 3.15. The molecule has 0 aromatic heterocycles. The van der Waals surface area contributed by atoms with Crippen molar-refractivity contribution >= 4 is 54.3 Å². The third kappa shape index (κ3) is 25.6. The summed E-state index contributed by atoms with van der Waals surface area (Å²) in [4.78, 5) is 69.9. The van der Waals surface area contributed by atoms with Crippen LogP contribution in [-0.4, -0.2) is 125 Å². The third-order valence-electron chi connectivity index (χ3n) is 4.87. The van der Waals surface area contributed by atoms with Crippen LogP contribution < -0.4 is 0 Å². The van der Waals surface area contributed by atoms with Crippen molar-refractivity contribution in [2.24, 2.45) is 0 Å². The molecule has 0 saturated heterocycles. The van der Waals surface area contributed by atoms with Crippen LogP contribution in [0, 0.1) is 0 Å². The first-order valence-corrected chi connectivity index (χ1v) is 25.2. The monoisotopic (exact) mass is 894 g/mol. The number of hydrogen-bond acceptors (Lipinski definition) is 19. The molecule has 0 saturated carbocycles. The van der Waals surface area contributed by atoms with Crippen LogP contribution in [0.15, 0.2) is 0 Å². The highest BCUT2D eigenvalue weighted by Crippen LogP contribution is 2.55. The normalized spacial score (nSPS) is 22.5. The van der Waals surface area contributed by atoms with Crippen molar-refractivity contribution in [2.75, 3.05) is 72.3 Å². The Morgan fingerprint density at radius 2 is 0.647 bits per heavy atom. The average Bonchev–Trinajstić information content (AvgIpc) is 2.95. The maximum Gasteiger partial charge on any atom is 0.472 e. The van der Waals surface area contributed by atoms with Gasteiger partial charge in [0.25, 0.3) is 0 Å². The quantitative estimate of drug-likeness (QED) is 0.0492. The van der Waals surface area contributed by atoms with E-state index >= 15 is 0 Å². The minimum atomic E-state index is -5.31. The molecule has 0 spiro atoms. The van der Waals surface area contributed by atoms with E-state index in [1.165, 1.54) is 27.7 Å². The van der Waals surface area contributed by atoms with Crippen molar-refractivity contribution in [3.05, 3.63) is 0 Å². The molecule has 0 aliphatic carbocycles. The molecule has 0 aliphatic heterocycles. The van der Waals surface area contributed by atoms with Crippen LogP contribution in [0.4, 0.5) is 0 Å². The van der Waals surface area contributed by atoms with Crippen molar-refractivity contribution in [2.45, 2.75) is 46.0 Å². The molecule has 33 heteroatoms. The number of rotatable bonds is 31. The Kier molecular flexibility index (Phi) is 23.6. The Balaban J connectivity index is 6.30. The molecule has 0 fully saturated rings. The largest absolute Gasteiger partial charge is 0.472 e. The lowest BCUT2D eigenvalue weighted by Crippen LogP contribution is -2.29. The third-order valence-corrected chi connectivity index (χ3v) is 13.1. The second kappa shape index (κ2) is 23.2. The number of phosphoric acid groups is 5. The molecule has 0 amide bonds. The summed E-state index contributed by atoms with van der Waals surface area (Å²) in [5.41, 5.74) is 0. The zero-order chi connectivity index (χ0) is 39.8. The lowest BCUT2D eigenvalue weighted by Gasteiger charge is -2.28. The Labute approximate surface area is 293 Å². The topological polar surface area (TPSA) is 372 Å². The first-order valence-electron chi connectivity index (χ1n) is 14.2. The van der Waals surface area contributed by atoms with E-state index < -0.39 is 111 Å². The van der Waals surface area contributed by atoms with Gasteiger partial charge in [-0.15, -0.1) is 0 Å². The van der Waals surface area contributed by atoms with Crippen LogP contribution in [0.1, 0.15) is 27.7 Å². The van der Waals surface area contributed by atoms with Gasteiger partial charge in [-0.3, -0.25) is 54.4 Å². The van der Waals surface area contributed by atoms with Gasteiger partial charge in [-0.2, -0.15) is 0 Å². The molecule has 26 nitrogen and oxygen atoms in total. The maximum atomic E-state index is 13.2. The van der Waals surface area contributed by atoms with Crippen LogP contribution in [0.5, 0.6) is 0 Å². The Hall–Kier alpha value is 0.850. The van der Waals surface area contributed by atoms with Gasteiger partial charge in [-0.1, -0.05) is 0 Å². The lowest BCUT2D eigenvalue weighted by atomic mass is 10.4. The highest BCUT2D eigenvalue weighted by atomic mass is 31.2. The summed E-state index contributed by atoms with van der Waals surface area (Å²) in [6.45, 7) is -0.532. The molecule has 7 unspecified atom stereocenters. The molecule has 308 valence electrons. The van der Waals surface area contributed by atoms with E-state index in [0.717, 1.165) is 0 Å². The fraction of sp³-hybridized carbons (Fsp3) is 1.00. The number of phosphoric ester groups is 5. The van der Waals surface area contributed by atoms with E-state index in [9.17, 15) is 66.2 Å². The second-order valence-electron chi connectivity index (χ2n) is 9.20. The first kappa shape index (κ1) is 51.9. The van der Waals surface area contributed by atoms with Gasteiger partial charge in [0, 0.05) is 7.11 Å². The van der Waals surface area contributed by atoms with Crippen molar-refractivity contribution < 1.29 is 120 Å². The van der Waals surface area contributed by atoms with Crippen LogP contribution in [0.25, 0.3) is 0 Å². The van der Waals surface area contributed by atoms with Gasteiger partial charge >= 0.3 is 54.3 Å². The van der Waals surface area contributed by atoms with Gasteiger partial charge in [-0.05, 0) is 27.7 Å². The zero-order valence-corrected chi connectivity index (χ0v) is 34.1. The molecule has 51 heavy (non-hydrogen) atoms. The van der Waals surface area contributed by atoms with Gasteiger partial charge in [0.05, 0.1) is 71.3 Å². The molecule has 0 bridgehead atoms. The summed E-state index contributed by atoms with van der Waals surface area (Å²) in [6.07, 6.45) is -9.18. The zero-order valence-electron chi connectivity index (χ0n) is 27.8. The predicted molar refractivity (Wildman–Crippen MR) is 170 cm³/mol. The highest BCUT2D eigenvalue weighted by Gasteiger charge is 2.41. The minimum absolute atomic E-state index is 0.329. The highest BCUT2D eigenvalue weighted by molar-refractivity contribution is 7.54. The molecular weight excluding hydrogens is 849 g/mol. The fourth-order valence-corrected chi connectivity index (χ4v) is 10.0. The second-order valence-corrected chi connectivity index (χ2v) is 20.2. The van der Waals surface area contributed by atoms with E-state index in [4.69, 9.17) is 13.6 Å². The van der Waals surface area contributed by atoms with Gasteiger partial charge in [-0.25, -0.2) is 22.8 Å². The summed E-state index contributed by atoms with van der Waals surface area (Å²) in [5, 5.41) is 0. The minimum Gasteiger partial charge on any atom is -0.324 e. The summed E-state index contributed by atoms with van der Waals surface area (Å²) in [5.74, 6) is 0. The van der Waals surface area contributed by atoms with Crippen molar-refractivity contribution in [1.29, 1.82) is 0 Å². The Bertz CT molecular complexity index is 1230. The van der Waals surface area contributed by atoms with Crippen LogP contribution >= 0.6 is 54.3 Å². The molecule has 0 aromatic rings. The molecule has 0 radical (unpaired) electrons. The summed E-state index contributed by atoms with van der Waals surface area (Å²) in [7, 11) is -34.3. The first-order chi connectivity index (χ1) is 23.2. The Morgan fingerprint density at radius 3 is 0.863 bits per heavy atom. The van der Waals surface area contributed by atoms with E-state index in [1.54, 1.807) is 0 Å². The number of hydrogen-bond donors (Lipinski definition) is 7. The summed E-state index contributed by atoms with van der Waals surface area (Å²) < 4.78 is 142. The van der Waals surface area contributed by atoms with Gasteiger partial charge in [0.1, 0.15) is 12.2 Å². The van der Waals surface area contributed by atoms with Crippen LogP contribution in [-0.2, 0) is 86.2 Å². The standard InChI is InChI=1S/C18H45O26P7/c1-6-34-48(25,26)38-10-16(11-39-49(27,28)35-7-2)42-45(19,20)14-18(44-47(23,24)33-5)15-46(21,22)43-17(12-40-50(29,30)36-8-3)13-41-51(31,32)37-9-4/h16-18H,6-15H2,1-5H3,(H,19,20)(H,21,22)(H,23,24)(H,25,26)(H,27,28)(H,29,30)(H,31,32). The van der Waals surface area contributed by atoms with E-state index in [0.29, 0.717) is 7.11 Å². The van der Waals surface area contributed by atoms with E-state index in [-0.39, 0.29) is 26.4 Å². The summed E-state index contributed by atoms with van der Waals surface area (Å²) >= 11 is 0. The predicted octanol–water partition coefficient (Wildman–Crippen LogP) is 2.87. The van der Waals surface area contributed by atoms with Gasteiger partial charge < -0.3 is 43.3 Å².